The average molecular weight is 694 g/mol. The van der Waals surface area contributed by atoms with Crippen LogP contribution in [0.25, 0.3) is 16.5 Å². The van der Waals surface area contributed by atoms with Gasteiger partial charge in [-0.1, -0.05) is 55.8 Å². The summed E-state index contributed by atoms with van der Waals surface area (Å²) in [6, 6.07) is 26.6. The van der Waals surface area contributed by atoms with Gasteiger partial charge in [-0.05, 0) is 54.8 Å². The minimum absolute atomic E-state index is 0.163. The van der Waals surface area contributed by atoms with E-state index in [0.717, 1.165) is 27.7 Å². The van der Waals surface area contributed by atoms with Crippen molar-refractivity contribution in [3.8, 4) is 23.1 Å². The second kappa shape index (κ2) is 14.2. The Morgan fingerprint density at radius 1 is 0.940 bits per heavy atom. The molecule has 2 aromatic heterocycles. The lowest BCUT2D eigenvalue weighted by molar-refractivity contribution is 0.262. The van der Waals surface area contributed by atoms with E-state index >= 15 is 0 Å². The normalized spacial score (nSPS) is 11.4. The molecule has 0 aliphatic heterocycles. The Morgan fingerprint density at radius 2 is 1.70 bits per heavy atom. The topological polar surface area (TPSA) is 170 Å². The van der Waals surface area contributed by atoms with Crippen molar-refractivity contribution in [3.05, 3.63) is 114 Å². The van der Waals surface area contributed by atoms with Crippen molar-refractivity contribution in [3.63, 3.8) is 0 Å². The number of anilines is 4. The first kappa shape index (κ1) is 33.9. The van der Waals surface area contributed by atoms with E-state index < -0.39 is 21.9 Å². The Kier molecular flexibility index (Phi) is 9.65. The van der Waals surface area contributed by atoms with Gasteiger partial charge in [-0.3, -0.25) is 9.87 Å². The van der Waals surface area contributed by atoms with Crippen LogP contribution in [0, 0.1) is 6.92 Å². The molecular weight excluding hydrogens is 659 g/mol. The molecule has 0 aliphatic carbocycles. The molecule has 14 heteroatoms. The second-order valence-corrected chi connectivity index (χ2v) is 13.3. The van der Waals surface area contributed by atoms with Gasteiger partial charge >= 0.3 is 6.03 Å². The molecule has 0 atom stereocenters. The molecule has 0 saturated carbocycles. The van der Waals surface area contributed by atoms with Gasteiger partial charge in [-0.15, -0.1) is 0 Å². The van der Waals surface area contributed by atoms with E-state index in [1.54, 1.807) is 35.0 Å². The number of nitrogens with one attached hydrogen (secondary N) is 3. The van der Waals surface area contributed by atoms with Crippen molar-refractivity contribution in [2.45, 2.75) is 32.4 Å². The number of urea groups is 1. The number of hydrogen-bond acceptors (Lipinski definition) is 9. The van der Waals surface area contributed by atoms with Crippen LogP contribution in [0.4, 0.5) is 27.9 Å². The quantitative estimate of drug-likeness (QED) is 0.0981. The number of carbonyl (C=O) groups excluding carboxylic acids is 1. The van der Waals surface area contributed by atoms with E-state index in [9.17, 15) is 17.8 Å². The third kappa shape index (κ3) is 8.17. The zero-order valence-electron chi connectivity index (χ0n) is 27.7. The molecule has 4 N–H and O–H groups in total. The largest absolute Gasteiger partial charge is 0.497 e. The SMILES string of the molecule is COc1cc(CS(=O)(=O)O)cc(Nc2nccc(Oc3ccc(NC(=O)Nc4cc(C(C)C)nn4-c4ccc(C)cc4)c4ccccc34)n2)c1. The first-order chi connectivity index (χ1) is 23.9. The van der Waals surface area contributed by atoms with Gasteiger partial charge in [0.15, 0.2) is 0 Å². The van der Waals surface area contributed by atoms with Crippen molar-refractivity contribution in [2.24, 2.45) is 0 Å². The molecule has 0 unspecified atom stereocenters. The summed E-state index contributed by atoms with van der Waals surface area (Å²) in [5, 5.41) is 15.2. The van der Waals surface area contributed by atoms with Crippen molar-refractivity contribution >= 4 is 50.1 Å². The van der Waals surface area contributed by atoms with E-state index in [-0.39, 0.29) is 17.7 Å². The van der Waals surface area contributed by atoms with Crippen LogP contribution in [0.5, 0.6) is 17.4 Å². The third-order valence-electron chi connectivity index (χ3n) is 7.62. The first-order valence-corrected chi connectivity index (χ1v) is 17.2. The third-order valence-corrected chi connectivity index (χ3v) is 8.32. The van der Waals surface area contributed by atoms with Crippen LogP contribution in [0.3, 0.4) is 0 Å². The molecule has 256 valence electrons. The van der Waals surface area contributed by atoms with Gasteiger partial charge < -0.3 is 20.1 Å². The Hall–Kier alpha value is -5.99. The summed E-state index contributed by atoms with van der Waals surface area (Å²) in [5.74, 6) is 1.40. The predicted molar refractivity (Wildman–Crippen MR) is 193 cm³/mol. The molecule has 50 heavy (non-hydrogen) atoms. The summed E-state index contributed by atoms with van der Waals surface area (Å²) >= 11 is 0. The molecule has 2 amide bonds. The number of hydrogen-bond donors (Lipinski definition) is 4. The zero-order valence-corrected chi connectivity index (χ0v) is 28.5. The summed E-state index contributed by atoms with van der Waals surface area (Å²) in [7, 11) is -2.81. The summed E-state index contributed by atoms with van der Waals surface area (Å²) in [4.78, 5) is 22.1. The first-order valence-electron chi connectivity index (χ1n) is 15.6. The molecule has 0 bridgehead atoms. The molecule has 0 spiro atoms. The average Bonchev–Trinajstić information content (AvgIpc) is 3.49. The van der Waals surface area contributed by atoms with Crippen molar-refractivity contribution in [1.82, 2.24) is 19.7 Å². The molecule has 4 aromatic carbocycles. The lowest BCUT2D eigenvalue weighted by Gasteiger charge is -2.14. The highest BCUT2D eigenvalue weighted by atomic mass is 32.2. The van der Waals surface area contributed by atoms with Crippen LogP contribution in [-0.4, -0.2) is 45.9 Å². The highest BCUT2D eigenvalue weighted by Crippen LogP contribution is 2.35. The fourth-order valence-electron chi connectivity index (χ4n) is 5.24. The number of methoxy groups -OCH3 is 1. The van der Waals surface area contributed by atoms with Crippen molar-refractivity contribution in [2.75, 3.05) is 23.1 Å². The number of ether oxygens (including phenoxy) is 2. The lowest BCUT2D eigenvalue weighted by atomic mass is 10.1. The Morgan fingerprint density at radius 3 is 2.42 bits per heavy atom. The van der Waals surface area contributed by atoms with E-state index in [4.69, 9.17) is 14.6 Å². The lowest BCUT2D eigenvalue weighted by Crippen LogP contribution is -2.21. The zero-order chi connectivity index (χ0) is 35.4. The number of rotatable bonds is 11. The van der Waals surface area contributed by atoms with E-state index in [1.165, 1.54) is 19.4 Å². The molecule has 0 radical (unpaired) electrons. The Bertz CT molecular complexity index is 2290. The van der Waals surface area contributed by atoms with E-state index in [0.29, 0.717) is 34.3 Å². The van der Waals surface area contributed by atoms with Crippen molar-refractivity contribution in [1.29, 1.82) is 0 Å². The second-order valence-electron chi connectivity index (χ2n) is 11.8. The molecule has 0 saturated heterocycles. The van der Waals surface area contributed by atoms with Crippen LogP contribution in [0.1, 0.15) is 36.6 Å². The summed E-state index contributed by atoms with van der Waals surface area (Å²) in [5.41, 5.74) is 4.13. The van der Waals surface area contributed by atoms with Gasteiger partial charge in [0.25, 0.3) is 10.1 Å². The molecule has 0 fully saturated rings. The number of aryl methyl sites for hydroxylation is 1. The minimum Gasteiger partial charge on any atom is -0.497 e. The van der Waals surface area contributed by atoms with Crippen LogP contribution in [0.15, 0.2) is 97.2 Å². The Balaban J connectivity index is 1.21. The smallest absolute Gasteiger partial charge is 0.324 e. The molecule has 6 rings (SSSR count). The number of benzene rings is 4. The number of nitrogens with zero attached hydrogens (tertiary/aromatic N) is 4. The minimum atomic E-state index is -4.26. The molecule has 6 aromatic rings. The highest BCUT2D eigenvalue weighted by Gasteiger charge is 2.17. The van der Waals surface area contributed by atoms with Gasteiger partial charge in [0, 0.05) is 40.9 Å². The number of fused-ring (bicyclic) bond motifs is 1. The number of carbonyl (C=O) groups is 1. The van der Waals surface area contributed by atoms with Crippen LogP contribution < -0.4 is 25.4 Å². The van der Waals surface area contributed by atoms with Crippen molar-refractivity contribution < 1.29 is 27.2 Å². The summed E-state index contributed by atoms with van der Waals surface area (Å²) < 4.78 is 45.4. The summed E-state index contributed by atoms with van der Waals surface area (Å²) in [6.07, 6.45) is 1.51. The van der Waals surface area contributed by atoms with Crippen LogP contribution in [0.2, 0.25) is 0 Å². The van der Waals surface area contributed by atoms with E-state index in [2.05, 4.69) is 25.9 Å². The maximum Gasteiger partial charge on any atom is 0.324 e. The Labute approximate surface area is 289 Å². The van der Waals surface area contributed by atoms with Crippen LogP contribution >= 0.6 is 0 Å². The van der Waals surface area contributed by atoms with E-state index in [1.807, 2.05) is 75.4 Å². The van der Waals surface area contributed by atoms with Gasteiger partial charge in [-0.2, -0.15) is 18.5 Å². The number of aromatic nitrogens is 4. The highest BCUT2D eigenvalue weighted by molar-refractivity contribution is 7.85. The standard InChI is InChI=1S/C36H35N7O6S/c1-22(2)31-20-33(43(42-31)26-11-9-23(3)10-12-26)40-36(44)39-30-13-14-32(29-8-6-5-7-28(29)30)49-34-15-16-37-35(41-34)38-25-17-24(21-50(45,46)47)18-27(19-25)48-4/h5-20,22H,21H2,1-4H3,(H,37,38,41)(H2,39,40,44)(H,45,46,47). The fraction of sp³-hybridized carbons (Fsp3) is 0.167. The van der Waals surface area contributed by atoms with Gasteiger partial charge in [-0.25, -0.2) is 14.5 Å². The molecule has 2 heterocycles. The monoisotopic (exact) mass is 693 g/mol. The van der Waals surface area contributed by atoms with Gasteiger partial charge in [0.05, 0.1) is 24.2 Å². The fourth-order valence-corrected chi connectivity index (χ4v) is 5.83. The molecule has 13 nitrogen and oxygen atoms in total. The van der Waals surface area contributed by atoms with Crippen LogP contribution in [-0.2, 0) is 15.9 Å². The number of amides is 2. The predicted octanol–water partition coefficient (Wildman–Crippen LogP) is 7.82. The van der Waals surface area contributed by atoms with Gasteiger partial charge in [0.2, 0.25) is 11.8 Å². The van der Waals surface area contributed by atoms with Gasteiger partial charge in [0.1, 0.15) is 23.1 Å². The maximum atomic E-state index is 13.4. The molecule has 0 aliphatic rings. The molecular formula is C36H35N7O6S. The summed E-state index contributed by atoms with van der Waals surface area (Å²) in [6.45, 7) is 6.11. The maximum absolute atomic E-state index is 13.4.